The van der Waals surface area contributed by atoms with Crippen molar-refractivity contribution in [1.82, 2.24) is 5.32 Å². The fraction of sp³-hybridized carbons (Fsp3) is 0.308. The maximum Gasteiger partial charge on any atom is 0.243 e. The Bertz CT molecular complexity index is 370. The molecule has 0 saturated heterocycles. The highest BCUT2D eigenvalue weighted by Gasteiger charge is 2.05. The molecule has 0 spiro atoms. The van der Waals surface area contributed by atoms with E-state index in [1.807, 2.05) is 6.92 Å². The summed E-state index contributed by atoms with van der Waals surface area (Å²) in [6, 6.07) is 6.35. The highest BCUT2D eigenvalue weighted by atomic mass is 19.1. The van der Waals surface area contributed by atoms with Crippen molar-refractivity contribution in [3.63, 3.8) is 0 Å². The summed E-state index contributed by atoms with van der Waals surface area (Å²) in [4.78, 5) is 11.2. The molecule has 3 heteroatoms. The number of allylic oxidation sites excluding steroid dienone is 1. The van der Waals surface area contributed by atoms with Crippen LogP contribution >= 0.6 is 0 Å². The van der Waals surface area contributed by atoms with Gasteiger partial charge in [-0.1, -0.05) is 18.2 Å². The number of nitrogens with one attached hydrogen (secondary N) is 1. The average molecular weight is 221 g/mol. The molecule has 0 saturated carbocycles. The summed E-state index contributed by atoms with van der Waals surface area (Å²) in [6.45, 7) is 3.72. The van der Waals surface area contributed by atoms with Crippen LogP contribution in [0.5, 0.6) is 0 Å². The molecule has 0 aliphatic carbocycles. The number of rotatable bonds is 4. The molecule has 0 aliphatic heterocycles. The van der Waals surface area contributed by atoms with E-state index >= 15 is 0 Å². The first-order valence-electron chi connectivity index (χ1n) is 5.29. The molecule has 0 fully saturated rings. The molecule has 0 bridgehead atoms. The molecular formula is C13H16FNO. The molecule has 0 radical (unpaired) electrons. The van der Waals surface area contributed by atoms with Crippen molar-refractivity contribution in [3.8, 4) is 0 Å². The molecule has 2 nitrogen and oxygen atoms in total. The van der Waals surface area contributed by atoms with Gasteiger partial charge in [-0.3, -0.25) is 4.79 Å². The molecule has 1 N–H and O–H groups in total. The monoisotopic (exact) mass is 221 g/mol. The summed E-state index contributed by atoms with van der Waals surface area (Å²) < 4.78 is 12.7. The molecule has 1 rings (SSSR count). The van der Waals surface area contributed by atoms with E-state index < -0.39 is 0 Å². The Kier molecular flexibility index (Phi) is 4.70. The van der Waals surface area contributed by atoms with Gasteiger partial charge in [0.2, 0.25) is 5.91 Å². The largest absolute Gasteiger partial charge is 0.350 e. The van der Waals surface area contributed by atoms with E-state index in [-0.39, 0.29) is 17.8 Å². The number of hydrogen-bond acceptors (Lipinski definition) is 1. The lowest BCUT2D eigenvalue weighted by atomic mass is 10.1. The predicted molar refractivity (Wildman–Crippen MR) is 62.5 cm³/mol. The molecule has 86 valence electrons. The highest BCUT2D eigenvalue weighted by molar-refractivity contribution is 5.87. The van der Waals surface area contributed by atoms with Crippen LogP contribution in [0.15, 0.2) is 36.4 Å². The first kappa shape index (κ1) is 12.4. The second-order valence-electron chi connectivity index (χ2n) is 3.74. The van der Waals surface area contributed by atoms with Crippen LogP contribution in [0.2, 0.25) is 0 Å². The van der Waals surface area contributed by atoms with E-state index in [4.69, 9.17) is 0 Å². The van der Waals surface area contributed by atoms with Gasteiger partial charge in [0.15, 0.2) is 0 Å². The molecule has 1 aromatic rings. The molecule has 1 unspecified atom stereocenters. The number of amides is 1. The molecule has 0 aliphatic rings. The number of halogens is 1. The average Bonchev–Trinajstić information content (AvgIpc) is 2.21. The van der Waals surface area contributed by atoms with Crippen molar-refractivity contribution >= 4 is 5.91 Å². The molecule has 1 atom stereocenters. The Labute approximate surface area is 95.2 Å². The zero-order valence-electron chi connectivity index (χ0n) is 9.53. The van der Waals surface area contributed by atoms with Crippen LogP contribution in [0.25, 0.3) is 0 Å². The zero-order chi connectivity index (χ0) is 12.0. The Hall–Kier alpha value is -1.64. The number of carbonyl (C=O) groups is 1. The molecule has 0 aromatic heterocycles. The predicted octanol–water partition coefficient (Wildman–Crippen LogP) is 2.45. The minimum absolute atomic E-state index is 0.0363. The Morgan fingerprint density at radius 3 is 2.62 bits per heavy atom. The van der Waals surface area contributed by atoms with Crippen LogP contribution in [-0.4, -0.2) is 11.9 Å². The molecule has 1 aromatic carbocycles. The smallest absolute Gasteiger partial charge is 0.243 e. The van der Waals surface area contributed by atoms with Crippen molar-refractivity contribution in [1.29, 1.82) is 0 Å². The minimum atomic E-state index is -0.241. The fourth-order valence-electron chi connectivity index (χ4n) is 1.47. The van der Waals surface area contributed by atoms with Crippen LogP contribution in [0.4, 0.5) is 4.39 Å². The van der Waals surface area contributed by atoms with Gasteiger partial charge < -0.3 is 5.32 Å². The lowest BCUT2D eigenvalue weighted by Gasteiger charge is -2.12. The van der Waals surface area contributed by atoms with Gasteiger partial charge in [0.05, 0.1) is 0 Å². The van der Waals surface area contributed by atoms with Gasteiger partial charge in [0.25, 0.3) is 0 Å². The van der Waals surface area contributed by atoms with Crippen LogP contribution in [-0.2, 0) is 11.2 Å². The van der Waals surface area contributed by atoms with Crippen molar-refractivity contribution < 1.29 is 9.18 Å². The third-order valence-electron chi connectivity index (χ3n) is 2.16. The van der Waals surface area contributed by atoms with E-state index in [1.54, 1.807) is 25.1 Å². The van der Waals surface area contributed by atoms with Crippen molar-refractivity contribution in [2.45, 2.75) is 26.3 Å². The van der Waals surface area contributed by atoms with Crippen molar-refractivity contribution in [3.05, 3.63) is 47.8 Å². The summed E-state index contributed by atoms with van der Waals surface area (Å²) in [7, 11) is 0. The van der Waals surface area contributed by atoms with Gasteiger partial charge in [0.1, 0.15) is 5.82 Å². The maximum absolute atomic E-state index is 12.7. The normalized spacial score (nSPS) is 12.7. The van der Waals surface area contributed by atoms with E-state index in [2.05, 4.69) is 5.32 Å². The summed E-state index contributed by atoms with van der Waals surface area (Å²) in [5.74, 6) is -0.341. The lowest BCUT2D eigenvalue weighted by molar-refractivity contribution is -0.117. The molecule has 16 heavy (non-hydrogen) atoms. The quantitative estimate of drug-likeness (QED) is 0.777. The van der Waals surface area contributed by atoms with Crippen molar-refractivity contribution in [2.75, 3.05) is 0 Å². The van der Waals surface area contributed by atoms with Gasteiger partial charge in [-0.15, -0.1) is 0 Å². The second kappa shape index (κ2) is 6.05. The van der Waals surface area contributed by atoms with Crippen LogP contribution in [0, 0.1) is 5.82 Å². The Morgan fingerprint density at radius 1 is 1.44 bits per heavy atom. The Balaban J connectivity index is 2.48. The first-order chi connectivity index (χ1) is 7.61. The van der Waals surface area contributed by atoms with E-state index in [0.717, 1.165) is 5.56 Å². The van der Waals surface area contributed by atoms with Crippen LogP contribution in [0.3, 0.4) is 0 Å². The number of hydrogen-bond donors (Lipinski definition) is 1. The van der Waals surface area contributed by atoms with Gasteiger partial charge in [-0.05, 0) is 44.0 Å². The van der Waals surface area contributed by atoms with Gasteiger partial charge in [0, 0.05) is 6.04 Å². The van der Waals surface area contributed by atoms with Crippen LogP contribution < -0.4 is 5.32 Å². The van der Waals surface area contributed by atoms with E-state index in [0.29, 0.717) is 6.42 Å². The van der Waals surface area contributed by atoms with Gasteiger partial charge >= 0.3 is 0 Å². The highest BCUT2D eigenvalue weighted by Crippen LogP contribution is 2.05. The summed E-state index contributed by atoms with van der Waals surface area (Å²) in [6.07, 6.45) is 3.88. The van der Waals surface area contributed by atoms with E-state index in [1.165, 1.54) is 18.2 Å². The summed E-state index contributed by atoms with van der Waals surface area (Å²) in [5.41, 5.74) is 1.01. The first-order valence-corrected chi connectivity index (χ1v) is 5.29. The fourth-order valence-corrected chi connectivity index (χ4v) is 1.47. The maximum atomic E-state index is 12.7. The summed E-state index contributed by atoms with van der Waals surface area (Å²) >= 11 is 0. The number of benzene rings is 1. The Morgan fingerprint density at radius 2 is 2.06 bits per heavy atom. The SMILES string of the molecule is CC=CC(=O)NC(C)Cc1ccc(F)cc1. The summed E-state index contributed by atoms with van der Waals surface area (Å²) in [5, 5.41) is 2.82. The van der Waals surface area contributed by atoms with Crippen molar-refractivity contribution in [2.24, 2.45) is 0 Å². The van der Waals surface area contributed by atoms with Crippen LogP contribution in [0.1, 0.15) is 19.4 Å². The minimum Gasteiger partial charge on any atom is -0.350 e. The number of carbonyl (C=O) groups excluding carboxylic acids is 1. The molecule has 0 heterocycles. The third-order valence-corrected chi connectivity index (χ3v) is 2.16. The second-order valence-corrected chi connectivity index (χ2v) is 3.74. The van der Waals surface area contributed by atoms with Gasteiger partial charge in [-0.25, -0.2) is 4.39 Å². The van der Waals surface area contributed by atoms with E-state index in [9.17, 15) is 9.18 Å². The topological polar surface area (TPSA) is 29.1 Å². The molecule has 1 amide bonds. The lowest BCUT2D eigenvalue weighted by Crippen LogP contribution is -2.32. The van der Waals surface area contributed by atoms with Gasteiger partial charge in [-0.2, -0.15) is 0 Å². The standard InChI is InChI=1S/C13H16FNO/c1-3-4-13(16)15-10(2)9-11-5-7-12(14)8-6-11/h3-8,10H,9H2,1-2H3,(H,15,16). The molecular weight excluding hydrogens is 205 g/mol. The zero-order valence-corrected chi connectivity index (χ0v) is 9.53. The third kappa shape index (κ3) is 4.26.